The first-order chi connectivity index (χ1) is 8.99. The number of aryl methyl sites for hydroxylation is 2. The lowest BCUT2D eigenvalue weighted by Gasteiger charge is -2.08. The normalized spacial score (nSPS) is 10.4. The van der Waals surface area contributed by atoms with Crippen molar-refractivity contribution in [2.45, 2.75) is 13.5 Å². The molecule has 1 amide bonds. The summed E-state index contributed by atoms with van der Waals surface area (Å²) >= 11 is 0. The van der Waals surface area contributed by atoms with Gasteiger partial charge in [-0.2, -0.15) is 5.10 Å². The zero-order chi connectivity index (χ0) is 14.0. The van der Waals surface area contributed by atoms with E-state index >= 15 is 0 Å². The van der Waals surface area contributed by atoms with Gasteiger partial charge in [0.1, 0.15) is 11.4 Å². The molecular formula is C13H17N5O. The maximum atomic E-state index is 11.4. The molecular weight excluding hydrogens is 242 g/mol. The van der Waals surface area contributed by atoms with Gasteiger partial charge in [0.15, 0.2) is 0 Å². The Morgan fingerprint density at radius 1 is 1.37 bits per heavy atom. The minimum absolute atomic E-state index is 0.429. The van der Waals surface area contributed by atoms with Gasteiger partial charge in [-0.1, -0.05) is 12.1 Å². The maximum Gasteiger partial charge on any atom is 0.254 e. The third kappa shape index (κ3) is 2.67. The zero-order valence-electron chi connectivity index (χ0n) is 11.0. The van der Waals surface area contributed by atoms with E-state index in [2.05, 4.69) is 10.4 Å². The number of primary amides is 1. The fourth-order valence-electron chi connectivity index (χ4n) is 1.98. The highest BCUT2D eigenvalue weighted by molar-refractivity contribution is 5.98. The van der Waals surface area contributed by atoms with E-state index in [0.29, 0.717) is 23.6 Å². The molecule has 19 heavy (non-hydrogen) atoms. The summed E-state index contributed by atoms with van der Waals surface area (Å²) < 4.78 is 1.62. The third-order valence-electron chi connectivity index (χ3n) is 2.91. The summed E-state index contributed by atoms with van der Waals surface area (Å²) in [6.45, 7) is 2.33. The van der Waals surface area contributed by atoms with E-state index in [0.717, 1.165) is 11.3 Å². The number of nitrogens with zero attached hydrogens (tertiary/aromatic N) is 2. The van der Waals surface area contributed by atoms with Gasteiger partial charge < -0.3 is 16.8 Å². The number of benzene rings is 1. The van der Waals surface area contributed by atoms with Gasteiger partial charge in [0.2, 0.25) is 0 Å². The van der Waals surface area contributed by atoms with Gasteiger partial charge in [0.25, 0.3) is 5.91 Å². The molecule has 0 radical (unpaired) electrons. The second kappa shape index (κ2) is 5.01. The van der Waals surface area contributed by atoms with Gasteiger partial charge in [-0.3, -0.25) is 9.48 Å². The molecule has 0 saturated carbocycles. The molecule has 0 bridgehead atoms. The van der Waals surface area contributed by atoms with E-state index in [-0.39, 0.29) is 0 Å². The van der Waals surface area contributed by atoms with Crippen LogP contribution in [0.1, 0.15) is 21.6 Å². The Morgan fingerprint density at radius 3 is 2.58 bits per heavy atom. The molecule has 0 saturated heterocycles. The van der Waals surface area contributed by atoms with E-state index in [1.807, 2.05) is 24.3 Å². The molecule has 0 atom stereocenters. The van der Waals surface area contributed by atoms with Crippen molar-refractivity contribution in [1.29, 1.82) is 0 Å². The van der Waals surface area contributed by atoms with Crippen molar-refractivity contribution < 1.29 is 4.79 Å². The molecule has 0 aliphatic rings. The summed E-state index contributed by atoms with van der Waals surface area (Å²) in [7, 11) is 1.77. The Balaban J connectivity index is 2.20. The van der Waals surface area contributed by atoms with Crippen LogP contribution in [-0.4, -0.2) is 15.7 Å². The number of amides is 1. The van der Waals surface area contributed by atoms with Crippen LogP contribution in [0.2, 0.25) is 0 Å². The second-order valence-electron chi connectivity index (χ2n) is 4.39. The zero-order valence-corrected chi connectivity index (χ0v) is 11.0. The molecule has 0 aliphatic carbocycles. The standard InChI is InChI=1S/C13H17N5O/c1-8-11(12(15)19)13(18(2)17-8)16-7-9-3-5-10(14)6-4-9/h3-6,16H,7,14H2,1-2H3,(H2,15,19). The average molecular weight is 259 g/mol. The largest absolute Gasteiger partial charge is 0.399 e. The highest BCUT2D eigenvalue weighted by Gasteiger charge is 2.17. The molecule has 0 aliphatic heterocycles. The van der Waals surface area contributed by atoms with Crippen LogP contribution in [0, 0.1) is 6.92 Å². The molecule has 5 N–H and O–H groups in total. The summed E-state index contributed by atoms with van der Waals surface area (Å²) in [6, 6.07) is 7.52. The van der Waals surface area contributed by atoms with Crippen LogP contribution in [0.5, 0.6) is 0 Å². The number of anilines is 2. The predicted molar refractivity (Wildman–Crippen MR) is 74.6 cm³/mol. The van der Waals surface area contributed by atoms with Crippen molar-refractivity contribution in [3.05, 3.63) is 41.1 Å². The van der Waals surface area contributed by atoms with Gasteiger partial charge in [0, 0.05) is 19.3 Å². The number of rotatable bonds is 4. The van der Waals surface area contributed by atoms with Gasteiger partial charge in [0.05, 0.1) is 5.69 Å². The van der Waals surface area contributed by atoms with Crippen molar-refractivity contribution in [2.75, 3.05) is 11.1 Å². The van der Waals surface area contributed by atoms with Crippen molar-refractivity contribution in [3.8, 4) is 0 Å². The SMILES string of the molecule is Cc1nn(C)c(NCc2ccc(N)cc2)c1C(N)=O. The predicted octanol–water partition coefficient (Wildman–Crippen LogP) is 1.02. The molecule has 0 spiro atoms. The lowest BCUT2D eigenvalue weighted by atomic mass is 10.2. The van der Waals surface area contributed by atoms with Crippen LogP contribution in [0.4, 0.5) is 11.5 Å². The number of carbonyl (C=O) groups excluding carboxylic acids is 1. The highest BCUT2D eigenvalue weighted by Crippen LogP contribution is 2.19. The fraction of sp³-hybridized carbons (Fsp3) is 0.231. The van der Waals surface area contributed by atoms with Crippen molar-refractivity contribution >= 4 is 17.4 Å². The number of hydrogen-bond acceptors (Lipinski definition) is 4. The fourth-order valence-corrected chi connectivity index (χ4v) is 1.98. The molecule has 6 heteroatoms. The average Bonchev–Trinajstić information content (AvgIpc) is 2.63. The van der Waals surface area contributed by atoms with Crippen molar-refractivity contribution in [3.63, 3.8) is 0 Å². The second-order valence-corrected chi connectivity index (χ2v) is 4.39. The molecule has 6 nitrogen and oxygen atoms in total. The van der Waals surface area contributed by atoms with Gasteiger partial charge in [-0.15, -0.1) is 0 Å². The molecule has 1 heterocycles. The Labute approximate surface area is 111 Å². The topological polar surface area (TPSA) is 99.0 Å². The highest BCUT2D eigenvalue weighted by atomic mass is 16.1. The maximum absolute atomic E-state index is 11.4. The number of hydrogen-bond donors (Lipinski definition) is 3. The van der Waals surface area contributed by atoms with E-state index < -0.39 is 5.91 Å². The third-order valence-corrected chi connectivity index (χ3v) is 2.91. The summed E-state index contributed by atoms with van der Waals surface area (Å²) in [4.78, 5) is 11.4. The first kappa shape index (κ1) is 12.9. The van der Waals surface area contributed by atoms with Crippen molar-refractivity contribution in [1.82, 2.24) is 9.78 Å². The van der Waals surface area contributed by atoms with Gasteiger partial charge in [-0.25, -0.2) is 0 Å². The first-order valence-electron chi connectivity index (χ1n) is 5.90. The van der Waals surface area contributed by atoms with E-state index in [9.17, 15) is 4.79 Å². The minimum Gasteiger partial charge on any atom is -0.399 e. The van der Waals surface area contributed by atoms with Crippen LogP contribution >= 0.6 is 0 Å². The van der Waals surface area contributed by atoms with Crippen molar-refractivity contribution in [2.24, 2.45) is 12.8 Å². The van der Waals surface area contributed by atoms with Gasteiger partial charge >= 0.3 is 0 Å². The summed E-state index contributed by atoms with van der Waals surface area (Å²) in [5.41, 5.74) is 13.8. The molecule has 1 aromatic heterocycles. The Kier molecular flexibility index (Phi) is 3.41. The minimum atomic E-state index is -0.481. The quantitative estimate of drug-likeness (QED) is 0.714. The molecule has 0 unspecified atom stereocenters. The summed E-state index contributed by atoms with van der Waals surface area (Å²) in [6.07, 6.45) is 0. The van der Waals surface area contributed by atoms with Crippen LogP contribution in [0.3, 0.4) is 0 Å². The van der Waals surface area contributed by atoms with Crippen LogP contribution in [-0.2, 0) is 13.6 Å². The number of aromatic nitrogens is 2. The van der Waals surface area contributed by atoms with Crippen LogP contribution in [0.25, 0.3) is 0 Å². The number of nitrogens with one attached hydrogen (secondary N) is 1. The lowest BCUT2D eigenvalue weighted by molar-refractivity contribution is 0.100. The monoisotopic (exact) mass is 259 g/mol. The molecule has 2 rings (SSSR count). The Morgan fingerprint density at radius 2 is 2.00 bits per heavy atom. The number of carbonyl (C=O) groups is 1. The van der Waals surface area contributed by atoms with Crippen LogP contribution < -0.4 is 16.8 Å². The molecule has 0 fully saturated rings. The first-order valence-corrected chi connectivity index (χ1v) is 5.90. The van der Waals surface area contributed by atoms with Crippen LogP contribution in [0.15, 0.2) is 24.3 Å². The Bertz CT molecular complexity index is 600. The van der Waals surface area contributed by atoms with E-state index in [1.54, 1.807) is 18.7 Å². The van der Waals surface area contributed by atoms with Gasteiger partial charge in [-0.05, 0) is 24.6 Å². The smallest absolute Gasteiger partial charge is 0.254 e. The molecule has 2 aromatic rings. The lowest BCUT2D eigenvalue weighted by Crippen LogP contribution is -2.15. The van der Waals surface area contributed by atoms with E-state index in [4.69, 9.17) is 11.5 Å². The Hall–Kier alpha value is -2.50. The summed E-state index contributed by atoms with van der Waals surface area (Å²) in [5.74, 6) is 0.146. The molecule has 1 aromatic carbocycles. The number of nitrogen functional groups attached to an aromatic ring is 1. The number of nitrogens with two attached hydrogens (primary N) is 2. The van der Waals surface area contributed by atoms with E-state index in [1.165, 1.54) is 0 Å². The molecule has 100 valence electrons. The summed E-state index contributed by atoms with van der Waals surface area (Å²) in [5, 5.41) is 7.37.